The van der Waals surface area contributed by atoms with Crippen molar-refractivity contribution >= 4 is 0 Å². The van der Waals surface area contributed by atoms with Crippen LogP contribution in [0.15, 0.2) is 0 Å². The Morgan fingerprint density at radius 1 is 0.500 bits per heavy atom. The van der Waals surface area contributed by atoms with E-state index >= 15 is 0 Å². The van der Waals surface area contributed by atoms with Gasteiger partial charge < -0.3 is 64.5 Å². The van der Waals surface area contributed by atoms with E-state index < -0.39 is 73.8 Å². The van der Waals surface area contributed by atoms with Crippen LogP contribution in [-0.2, 0) is 23.7 Å². The summed E-state index contributed by atoms with van der Waals surface area (Å²) in [7, 11) is 0. The minimum atomic E-state index is -1.63. The average molecular weight is 414 g/mol. The number of hydrogen-bond acceptors (Lipinski definition) is 13. The molecule has 0 aromatic heterocycles. The summed E-state index contributed by atoms with van der Waals surface area (Å²) in [5.41, 5.74) is 0. The van der Waals surface area contributed by atoms with Crippen LogP contribution in [0.25, 0.3) is 0 Å². The van der Waals surface area contributed by atoms with Crippen molar-refractivity contribution < 1.29 is 64.5 Å². The quantitative estimate of drug-likeness (QED) is 0.216. The number of rotatable bonds is 4. The minimum absolute atomic E-state index is 0.287. The monoisotopic (exact) mass is 414 g/mol. The normalized spacial score (nSPS) is 53.1. The predicted octanol–water partition coefficient (Wildman–Crippen LogP) is -5.66. The third-order valence-electron chi connectivity index (χ3n) is 4.96. The van der Waals surface area contributed by atoms with Gasteiger partial charge >= 0.3 is 0 Å². The number of aliphatic hydroxyl groups excluding tert-OH is 8. The summed E-state index contributed by atoms with van der Waals surface area (Å²) in [5.74, 6) is 0. The molecule has 3 aliphatic heterocycles. The molecule has 3 rings (SSSR count). The van der Waals surface area contributed by atoms with Crippen molar-refractivity contribution in [2.45, 2.75) is 73.8 Å². The van der Waals surface area contributed by atoms with Crippen LogP contribution in [0, 0.1) is 0 Å². The molecule has 0 spiro atoms. The summed E-state index contributed by atoms with van der Waals surface area (Å²) >= 11 is 0. The number of ether oxygens (including phenoxy) is 5. The molecule has 3 heterocycles. The Morgan fingerprint density at radius 3 is 1.57 bits per heavy atom. The van der Waals surface area contributed by atoms with Gasteiger partial charge in [0.2, 0.25) is 0 Å². The molecule has 28 heavy (non-hydrogen) atoms. The second kappa shape index (κ2) is 9.09. The molecule has 0 saturated carbocycles. The van der Waals surface area contributed by atoms with Crippen LogP contribution < -0.4 is 0 Å². The Balaban J connectivity index is 1.54. The smallest absolute Gasteiger partial charge is 0.186 e. The largest absolute Gasteiger partial charge is 0.388 e. The fourth-order valence-corrected chi connectivity index (χ4v) is 3.15. The molecule has 12 atom stereocenters. The van der Waals surface area contributed by atoms with Gasteiger partial charge in [-0.1, -0.05) is 0 Å². The van der Waals surface area contributed by atoms with E-state index in [0.717, 1.165) is 0 Å². The van der Waals surface area contributed by atoms with Crippen LogP contribution in [0.1, 0.15) is 0 Å². The standard InChI is InChI=1S/C15H26O13/c16-4-1-25-14(11(21)7(4)17)28-6-3-26-15(12(22)9(6)19)27-5-2-24-13(23)10(20)8(5)18/h4-23H,1-3H2/t4-,5-,6-,7+,8+,9+,10?,11?,12?,13-,14+,15+/m1/s1. The predicted molar refractivity (Wildman–Crippen MR) is 83.2 cm³/mol. The lowest BCUT2D eigenvalue weighted by Gasteiger charge is -2.43. The Morgan fingerprint density at radius 2 is 0.964 bits per heavy atom. The van der Waals surface area contributed by atoms with Crippen LogP contribution in [0.3, 0.4) is 0 Å². The van der Waals surface area contributed by atoms with Crippen LogP contribution in [-0.4, -0.2) is 134 Å². The Hall–Kier alpha value is -0.520. The average Bonchev–Trinajstić information content (AvgIpc) is 2.68. The van der Waals surface area contributed by atoms with Crippen LogP contribution in [0.2, 0.25) is 0 Å². The van der Waals surface area contributed by atoms with Gasteiger partial charge in [-0.25, -0.2) is 0 Å². The molecule has 3 unspecified atom stereocenters. The van der Waals surface area contributed by atoms with Crippen LogP contribution in [0.4, 0.5) is 0 Å². The van der Waals surface area contributed by atoms with Gasteiger partial charge in [-0.05, 0) is 0 Å². The molecular formula is C15H26O13. The molecule has 3 aliphatic rings. The third kappa shape index (κ3) is 4.46. The molecule has 0 radical (unpaired) electrons. The van der Waals surface area contributed by atoms with Crippen molar-refractivity contribution in [3.63, 3.8) is 0 Å². The van der Waals surface area contributed by atoms with Crippen LogP contribution >= 0.6 is 0 Å². The van der Waals surface area contributed by atoms with Crippen molar-refractivity contribution in [2.75, 3.05) is 19.8 Å². The maximum absolute atomic E-state index is 10.3. The van der Waals surface area contributed by atoms with Gasteiger partial charge in [-0.2, -0.15) is 0 Å². The van der Waals surface area contributed by atoms with Gasteiger partial charge in [0, 0.05) is 0 Å². The first-order valence-corrected chi connectivity index (χ1v) is 8.81. The zero-order valence-corrected chi connectivity index (χ0v) is 14.7. The highest BCUT2D eigenvalue weighted by Gasteiger charge is 2.47. The summed E-state index contributed by atoms with van der Waals surface area (Å²) in [6.07, 6.45) is -17.3. The molecule has 13 nitrogen and oxygen atoms in total. The summed E-state index contributed by atoms with van der Waals surface area (Å²) in [6, 6.07) is 0. The van der Waals surface area contributed by atoms with E-state index in [-0.39, 0.29) is 19.8 Å². The second-order valence-corrected chi connectivity index (χ2v) is 6.99. The summed E-state index contributed by atoms with van der Waals surface area (Å²) in [5, 5.41) is 78.3. The van der Waals surface area contributed by atoms with Gasteiger partial charge in [0.05, 0.1) is 19.8 Å². The molecule has 0 aliphatic carbocycles. The molecule has 3 saturated heterocycles. The fraction of sp³-hybridized carbons (Fsp3) is 1.00. The lowest BCUT2D eigenvalue weighted by Crippen LogP contribution is -2.61. The van der Waals surface area contributed by atoms with Crippen molar-refractivity contribution in [3.8, 4) is 0 Å². The van der Waals surface area contributed by atoms with E-state index in [1.54, 1.807) is 0 Å². The Kier molecular flexibility index (Phi) is 7.20. The Bertz CT molecular complexity index is 464. The van der Waals surface area contributed by atoms with E-state index in [2.05, 4.69) is 0 Å². The molecule has 8 N–H and O–H groups in total. The molecule has 13 heteroatoms. The van der Waals surface area contributed by atoms with E-state index in [1.807, 2.05) is 0 Å². The fourth-order valence-electron chi connectivity index (χ4n) is 3.15. The lowest BCUT2D eigenvalue weighted by molar-refractivity contribution is -0.346. The van der Waals surface area contributed by atoms with Gasteiger partial charge in [-0.3, -0.25) is 0 Å². The lowest BCUT2D eigenvalue weighted by atomic mass is 10.0. The molecule has 0 bridgehead atoms. The molecular weight excluding hydrogens is 388 g/mol. The molecule has 0 amide bonds. The van der Waals surface area contributed by atoms with Crippen molar-refractivity contribution in [3.05, 3.63) is 0 Å². The van der Waals surface area contributed by atoms with Gasteiger partial charge in [0.15, 0.2) is 18.9 Å². The van der Waals surface area contributed by atoms with E-state index in [0.29, 0.717) is 0 Å². The maximum atomic E-state index is 10.3. The minimum Gasteiger partial charge on any atom is -0.388 e. The summed E-state index contributed by atoms with van der Waals surface area (Å²) in [6.45, 7) is -0.887. The molecule has 0 aromatic rings. The summed E-state index contributed by atoms with van der Waals surface area (Å²) < 4.78 is 25.9. The number of aliphatic hydroxyl groups is 8. The first-order valence-electron chi connectivity index (χ1n) is 8.81. The topological polar surface area (TPSA) is 208 Å². The van der Waals surface area contributed by atoms with Gasteiger partial charge in [-0.15, -0.1) is 0 Å². The maximum Gasteiger partial charge on any atom is 0.186 e. The molecule has 164 valence electrons. The van der Waals surface area contributed by atoms with E-state index in [1.165, 1.54) is 0 Å². The zero-order chi connectivity index (χ0) is 20.6. The van der Waals surface area contributed by atoms with Gasteiger partial charge in [0.25, 0.3) is 0 Å². The van der Waals surface area contributed by atoms with Gasteiger partial charge in [0.1, 0.15) is 54.9 Å². The zero-order valence-electron chi connectivity index (χ0n) is 14.7. The highest BCUT2D eigenvalue weighted by molar-refractivity contribution is 4.89. The van der Waals surface area contributed by atoms with Crippen LogP contribution in [0.5, 0.6) is 0 Å². The van der Waals surface area contributed by atoms with Crippen molar-refractivity contribution in [1.82, 2.24) is 0 Å². The highest BCUT2D eigenvalue weighted by atomic mass is 16.7. The SMILES string of the molecule is OC1[C@H](O[C@@H]2CO[C@@H](O[C@@H]3CO[C@@H](O)C(O)[C@H]3O)C(O)[C@H]2O)OC[C@@H](O)[C@@H]1O. The molecule has 3 fully saturated rings. The number of hydrogen-bond donors (Lipinski definition) is 8. The van der Waals surface area contributed by atoms with E-state index in [9.17, 15) is 40.9 Å². The third-order valence-corrected chi connectivity index (χ3v) is 4.96. The van der Waals surface area contributed by atoms with Crippen molar-refractivity contribution in [1.29, 1.82) is 0 Å². The van der Waals surface area contributed by atoms with E-state index in [4.69, 9.17) is 23.7 Å². The molecule has 0 aromatic carbocycles. The first kappa shape index (κ1) is 22.2. The second-order valence-electron chi connectivity index (χ2n) is 6.99. The van der Waals surface area contributed by atoms with Crippen molar-refractivity contribution in [2.24, 2.45) is 0 Å². The first-order chi connectivity index (χ1) is 13.2. The summed E-state index contributed by atoms with van der Waals surface area (Å²) in [4.78, 5) is 0. The highest BCUT2D eigenvalue weighted by Crippen LogP contribution is 2.26. The Labute approximate surface area is 159 Å².